The summed E-state index contributed by atoms with van der Waals surface area (Å²) in [6.45, 7) is 0.737. The third-order valence-corrected chi connectivity index (χ3v) is 4.24. The summed E-state index contributed by atoms with van der Waals surface area (Å²) in [7, 11) is 0. The molecule has 0 spiro atoms. The normalized spacial score (nSPS) is 19.6. The summed E-state index contributed by atoms with van der Waals surface area (Å²) in [5.41, 5.74) is 0.968. The Bertz CT molecular complexity index is 459. The van der Waals surface area contributed by atoms with Gasteiger partial charge in [-0.1, -0.05) is 0 Å². The molecule has 1 aromatic rings. The van der Waals surface area contributed by atoms with E-state index in [1.54, 1.807) is 6.07 Å². The van der Waals surface area contributed by atoms with Crippen LogP contribution >= 0.6 is 45.2 Å². The molecular formula is C12H13I2NO3. The first kappa shape index (κ1) is 14.3. The molecule has 0 aliphatic carbocycles. The molecule has 0 radical (unpaired) electrons. The van der Waals surface area contributed by atoms with Gasteiger partial charge in [0, 0.05) is 13.7 Å². The van der Waals surface area contributed by atoms with Gasteiger partial charge in [-0.05, 0) is 76.6 Å². The van der Waals surface area contributed by atoms with Crippen LogP contribution in [0.25, 0.3) is 0 Å². The Balaban J connectivity index is 2.27. The van der Waals surface area contributed by atoms with Gasteiger partial charge in [-0.3, -0.25) is 0 Å². The van der Waals surface area contributed by atoms with Crippen LogP contribution in [0, 0.1) is 7.14 Å². The highest BCUT2D eigenvalue weighted by Gasteiger charge is 2.19. The van der Waals surface area contributed by atoms with E-state index in [1.807, 2.05) is 6.07 Å². The number of aromatic carboxylic acids is 1. The smallest absolute Gasteiger partial charge is 0.337 e. The van der Waals surface area contributed by atoms with Crippen molar-refractivity contribution in [3.05, 3.63) is 24.8 Å². The van der Waals surface area contributed by atoms with Gasteiger partial charge in [0.2, 0.25) is 0 Å². The minimum absolute atomic E-state index is 0.0783. The second kappa shape index (κ2) is 6.38. The molecule has 1 saturated heterocycles. The highest BCUT2D eigenvalue weighted by Crippen LogP contribution is 2.28. The second-order valence-electron chi connectivity index (χ2n) is 4.11. The number of benzene rings is 1. The van der Waals surface area contributed by atoms with Gasteiger partial charge in [-0.15, -0.1) is 0 Å². The second-order valence-corrected chi connectivity index (χ2v) is 6.52. The molecule has 6 heteroatoms. The maximum Gasteiger partial charge on any atom is 0.337 e. The third kappa shape index (κ3) is 3.47. The topological polar surface area (TPSA) is 58.6 Å². The van der Waals surface area contributed by atoms with E-state index < -0.39 is 5.97 Å². The van der Waals surface area contributed by atoms with Gasteiger partial charge in [0.05, 0.1) is 11.3 Å². The number of carboxylic acids is 1. The first-order chi connectivity index (χ1) is 8.58. The summed E-state index contributed by atoms with van der Waals surface area (Å²) < 4.78 is 7.42. The fourth-order valence-electron chi connectivity index (χ4n) is 1.90. The molecule has 18 heavy (non-hydrogen) atoms. The van der Waals surface area contributed by atoms with E-state index in [-0.39, 0.29) is 6.23 Å². The molecule has 1 heterocycles. The van der Waals surface area contributed by atoms with Crippen molar-refractivity contribution in [3.8, 4) is 0 Å². The SMILES string of the molecule is O=C(O)c1cc(I)cc(I)c1NC1CCCCO1. The molecule has 0 amide bonds. The molecule has 1 aliphatic rings. The van der Waals surface area contributed by atoms with Crippen molar-refractivity contribution in [3.63, 3.8) is 0 Å². The summed E-state index contributed by atoms with van der Waals surface area (Å²) in [6, 6.07) is 3.63. The number of carboxylic acid groups (broad SMARTS) is 1. The van der Waals surface area contributed by atoms with E-state index >= 15 is 0 Å². The van der Waals surface area contributed by atoms with Gasteiger partial charge in [-0.25, -0.2) is 4.79 Å². The molecule has 1 aromatic carbocycles. The van der Waals surface area contributed by atoms with Gasteiger partial charge >= 0.3 is 5.97 Å². The minimum atomic E-state index is -0.912. The number of halogens is 2. The van der Waals surface area contributed by atoms with E-state index in [4.69, 9.17) is 4.74 Å². The Morgan fingerprint density at radius 3 is 2.78 bits per heavy atom. The van der Waals surface area contributed by atoms with Crippen molar-refractivity contribution in [1.29, 1.82) is 0 Å². The van der Waals surface area contributed by atoms with Crippen LogP contribution in [0.1, 0.15) is 29.6 Å². The molecule has 98 valence electrons. The summed E-state index contributed by atoms with van der Waals surface area (Å²) in [5.74, 6) is -0.912. The van der Waals surface area contributed by atoms with Crippen LogP contribution in [0.3, 0.4) is 0 Å². The Hall–Kier alpha value is -0.0900. The highest BCUT2D eigenvalue weighted by atomic mass is 127. The average molecular weight is 473 g/mol. The van der Waals surface area contributed by atoms with Crippen LogP contribution < -0.4 is 5.32 Å². The zero-order valence-corrected chi connectivity index (χ0v) is 13.9. The minimum Gasteiger partial charge on any atom is -0.478 e. The van der Waals surface area contributed by atoms with E-state index in [2.05, 4.69) is 50.5 Å². The molecule has 2 rings (SSSR count). The third-order valence-electron chi connectivity index (χ3n) is 2.77. The summed E-state index contributed by atoms with van der Waals surface area (Å²) in [6.07, 6.45) is 3.03. The molecule has 4 nitrogen and oxygen atoms in total. The largest absolute Gasteiger partial charge is 0.478 e. The van der Waals surface area contributed by atoms with E-state index in [9.17, 15) is 9.90 Å². The Labute approximate surface area is 133 Å². The summed E-state index contributed by atoms with van der Waals surface area (Å²) >= 11 is 4.28. The lowest BCUT2D eigenvalue weighted by Crippen LogP contribution is -2.28. The predicted octanol–water partition coefficient (Wildman–Crippen LogP) is 3.53. The van der Waals surface area contributed by atoms with Crippen LogP contribution in [-0.4, -0.2) is 23.9 Å². The lowest BCUT2D eigenvalue weighted by molar-refractivity contribution is 0.0342. The van der Waals surface area contributed by atoms with E-state index in [1.165, 1.54) is 0 Å². The van der Waals surface area contributed by atoms with Gasteiger partial charge in [0.25, 0.3) is 0 Å². The number of anilines is 1. The zero-order chi connectivity index (χ0) is 13.1. The lowest BCUT2D eigenvalue weighted by Gasteiger charge is -2.25. The Morgan fingerprint density at radius 2 is 2.17 bits per heavy atom. The molecule has 1 atom stereocenters. The molecule has 0 saturated carbocycles. The predicted molar refractivity (Wildman–Crippen MR) is 86.0 cm³/mol. The Kier molecular flexibility index (Phi) is 5.07. The average Bonchev–Trinajstić information content (AvgIpc) is 2.33. The van der Waals surface area contributed by atoms with Crippen LogP contribution in [-0.2, 0) is 4.74 Å². The van der Waals surface area contributed by atoms with Gasteiger partial charge in [0.1, 0.15) is 6.23 Å². The summed E-state index contributed by atoms with van der Waals surface area (Å²) in [4.78, 5) is 11.3. The monoisotopic (exact) mass is 473 g/mol. The molecule has 2 N–H and O–H groups in total. The van der Waals surface area contributed by atoms with E-state index in [0.29, 0.717) is 11.3 Å². The number of nitrogens with one attached hydrogen (secondary N) is 1. The number of hydrogen-bond donors (Lipinski definition) is 2. The molecule has 0 aromatic heterocycles. The van der Waals surface area contributed by atoms with Crippen molar-refractivity contribution in [1.82, 2.24) is 0 Å². The van der Waals surface area contributed by atoms with Gasteiger partial charge in [-0.2, -0.15) is 0 Å². The number of ether oxygens (including phenoxy) is 1. The number of hydrogen-bond acceptors (Lipinski definition) is 3. The van der Waals surface area contributed by atoms with Crippen molar-refractivity contribution >= 4 is 56.8 Å². The fraction of sp³-hybridized carbons (Fsp3) is 0.417. The standard InChI is InChI=1S/C12H13I2NO3/c13-7-5-8(12(16)17)11(9(14)6-7)15-10-3-1-2-4-18-10/h5-6,10,15H,1-4H2,(H,16,17). The van der Waals surface area contributed by atoms with Crippen molar-refractivity contribution in [2.24, 2.45) is 0 Å². The number of rotatable bonds is 3. The quantitative estimate of drug-likeness (QED) is 0.661. The van der Waals surface area contributed by atoms with Crippen LogP contribution in [0.5, 0.6) is 0 Å². The molecule has 1 unspecified atom stereocenters. The van der Waals surface area contributed by atoms with E-state index in [0.717, 1.165) is 33.0 Å². The maximum absolute atomic E-state index is 11.3. The first-order valence-corrected chi connectivity index (χ1v) is 7.84. The van der Waals surface area contributed by atoms with Crippen molar-refractivity contribution < 1.29 is 14.6 Å². The van der Waals surface area contributed by atoms with Crippen LogP contribution in [0.4, 0.5) is 5.69 Å². The highest BCUT2D eigenvalue weighted by molar-refractivity contribution is 14.1. The molecule has 1 fully saturated rings. The van der Waals surface area contributed by atoms with Crippen LogP contribution in [0.2, 0.25) is 0 Å². The number of carbonyl (C=O) groups is 1. The lowest BCUT2D eigenvalue weighted by atomic mass is 10.1. The fourth-order valence-corrected chi connectivity index (χ4v) is 3.90. The van der Waals surface area contributed by atoms with Crippen molar-refractivity contribution in [2.45, 2.75) is 25.5 Å². The van der Waals surface area contributed by atoms with Gasteiger partial charge in [0.15, 0.2) is 0 Å². The molecule has 0 bridgehead atoms. The first-order valence-electron chi connectivity index (χ1n) is 5.68. The van der Waals surface area contributed by atoms with Gasteiger partial charge < -0.3 is 15.2 Å². The maximum atomic E-state index is 11.3. The van der Waals surface area contributed by atoms with Crippen molar-refractivity contribution in [2.75, 3.05) is 11.9 Å². The van der Waals surface area contributed by atoms with Crippen LogP contribution in [0.15, 0.2) is 12.1 Å². The summed E-state index contributed by atoms with van der Waals surface area (Å²) in [5, 5.41) is 12.5. The molecular weight excluding hydrogens is 460 g/mol. The molecule has 1 aliphatic heterocycles. The zero-order valence-electron chi connectivity index (χ0n) is 9.58. The Morgan fingerprint density at radius 1 is 1.39 bits per heavy atom.